The summed E-state index contributed by atoms with van der Waals surface area (Å²) >= 11 is 0. The molecule has 1 saturated heterocycles. The van der Waals surface area contributed by atoms with E-state index in [2.05, 4.69) is 5.32 Å². The Balaban J connectivity index is 0. The van der Waals surface area contributed by atoms with E-state index in [1.807, 2.05) is 0 Å². The summed E-state index contributed by atoms with van der Waals surface area (Å²) in [6.07, 6.45) is 1.76. The van der Waals surface area contributed by atoms with Gasteiger partial charge < -0.3 is 22.3 Å². The number of carbonyl (C=O) groups is 1. The number of amides is 1. The van der Waals surface area contributed by atoms with Gasteiger partial charge in [0.1, 0.15) is 0 Å². The van der Waals surface area contributed by atoms with Crippen molar-refractivity contribution in [2.75, 3.05) is 6.54 Å². The molecular weight excluding hydrogens is 165 g/mol. The minimum absolute atomic E-state index is 0. The van der Waals surface area contributed by atoms with E-state index in [1.165, 1.54) is 0 Å². The molecule has 0 atom stereocenters. The van der Waals surface area contributed by atoms with E-state index in [4.69, 9.17) is 0 Å². The van der Waals surface area contributed by atoms with Crippen molar-refractivity contribution in [1.29, 1.82) is 0 Å². The van der Waals surface area contributed by atoms with E-state index in [0.717, 1.165) is 19.4 Å². The number of halogens is 1. The maximum Gasteiger partial charge on any atom is 1.00 e. The van der Waals surface area contributed by atoms with Crippen LogP contribution >= 0.6 is 0 Å². The predicted octanol–water partition coefficient (Wildman–Crippen LogP) is -6.10. The third-order valence-electron chi connectivity index (χ3n) is 0.903. The minimum atomic E-state index is 0. The smallest absolute Gasteiger partial charge is 1.00 e. The van der Waals surface area contributed by atoms with Gasteiger partial charge in [-0.3, -0.25) is 4.79 Å². The van der Waals surface area contributed by atoms with Gasteiger partial charge in [-0.05, 0) is 6.42 Å². The summed E-state index contributed by atoms with van der Waals surface area (Å²) in [5.41, 5.74) is 0. The molecule has 0 unspecified atom stereocenters. The van der Waals surface area contributed by atoms with Crippen molar-refractivity contribution >= 4 is 5.91 Å². The first kappa shape index (κ1) is 11.4. The van der Waals surface area contributed by atoms with Crippen molar-refractivity contribution in [3.8, 4) is 0 Å². The van der Waals surface area contributed by atoms with E-state index in [0.29, 0.717) is 0 Å². The Labute approximate surface area is 71.3 Å². The van der Waals surface area contributed by atoms with Crippen LogP contribution < -0.4 is 41.2 Å². The van der Waals surface area contributed by atoms with Crippen LogP contribution in [0.15, 0.2) is 0 Å². The maximum absolute atomic E-state index is 10.1. The van der Waals surface area contributed by atoms with Gasteiger partial charge in [0.15, 0.2) is 0 Å². The van der Waals surface area contributed by atoms with Gasteiger partial charge >= 0.3 is 18.9 Å². The Morgan fingerprint density at radius 3 is 2.25 bits per heavy atom. The molecule has 0 bridgehead atoms. The quantitative estimate of drug-likeness (QED) is 0.362. The second-order valence-electron chi connectivity index (χ2n) is 1.45. The molecule has 0 spiro atoms. The fourth-order valence-electron chi connectivity index (χ4n) is 0.565. The summed E-state index contributed by atoms with van der Waals surface area (Å²) in [5.74, 6) is 0.204. The molecular formula is C4H7BrLiNO. The first-order valence-corrected chi connectivity index (χ1v) is 2.16. The molecule has 0 radical (unpaired) electrons. The molecule has 1 heterocycles. The molecule has 1 N–H and O–H groups in total. The summed E-state index contributed by atoms with van der Waals surface area (Å²) < 4.78 is 0. The number of nitrogens with one attached hydrogen (secondary N) is 1. The van der Waals surface area contributed by atoms with Gasteiger partial charge in [0.25, 0.3) is 0 Å². The second kappa shape index (κ2) is 5.68. The third kappa shape index (κ3) is 3.54. The largest absolute Gasteiger partial charge is 1.00 e. The fraction of sp³-hybridized carbons (Fsp3) is 0.750. The van der Waals surface area contributed by atoms with Crippen LogP contribution in [0.3, 0.4) is 0 Å². The molecule has 1 amide bonds. The first-order valence-electron chi connectivity index (χ1n) is 2.16. The third-order valence-corrected chi connectivity index (χ3v) is 0.903. The van der Waals surface area contributed by atoms with Crippen LogP contribution in [0.1, 0.15) is 12.8 Å². The Hall–Kier alpha value is 0.547. The van der Waals surface area contributed by atoms with Gasteiger partial charge in [-0.15, -0.1) is 0 Å². The zero-order valence-corrected chi connectivity index (χ0v) is 6.49. The zero-order valence-electron chi connectivity index (χ0n) is 4.91. The van der Waals surface area contributed by atoms with Gasteiger partial charge in [0.05, 0.1) is 0 Å². The van der Waals surface area contributed by atoms with Crippen molar-refractivity contribution in [2.45, 2.75) is 12.8 Å². The molecule has 1 fully saturated rings. The Bertz CT molecular complexity index is 70.4. The number of carbonyl (C=O) groups excluding carboxylic acids is 1. The van der Waals surface area contributed by atoms with Crippen LogP contribution in [-0.2, 0) is 4.79 Å². The van der Waals surface area contributed by atoms with Crippen LogP contribution in [0, 0.1) is 0 Å². The van der Waals surface area contributed by atoms with Gasteiger partial charge in [-0.2, -0.15) is 0 Å². The van der Waals surface area contributed by atoms with Crippen molar-refractivity contribution in [2.24, 2.45) is 0 Å². The Morgan fingerprint density at radius 1 is 1.50 bits per heavy atom. The molecule has 1 aliphatic rings. The molecule has 2 nitrogen and oxygen atoms in total. The summed E-state index contributed by atoms with van der Waals surface area (Å²) in [7, 11) is 0. The topological polar surface area (TPSA) is 29.1 Å². The Kier molecular flexibility index (Phi) is 8.06. The average Bonchev–Trinajstić information content (AvgIpc) is 1.86. The molecule has 0 aliphatic carbocycles. The average molecular weight is 172 g/mol. The molecule has 8 heavy (non-hydrogen) atoms. The normalized spacial score (nSPS) is 15.8. The van der Waals surface area contributed by atoms with Crippen molar-refractivity contribution in [3.63, 3.8) is 0 Å². The number of rotatable bonds is 0. The van der Waals surface area contributed by atoms with E-state index < -0.39 is 0 Å². The van der Waals surface area contributed by atoms with Crippen LogP contribution in [0.4, 0.5) is 0 Å². The molecule has 0 aromatic carbocycles. The van der Waals surface area contributed by atoms with Crippen molar-refractivity contribution in [3.05, 3.63) is 0 Å². The van der Waals surface area contributed by atoms with Crippen molar-refractivity contribution < 1.29 is 40.6 Å². The monoisotopic (exact) mass is 171 g/mol. The summed E-state index contributed by atoms with van der Waals surface area (Å²) in [6.45, 7) is 0.888. The number of hydrogen-bond acceptors (Lipinski definition) is 1. The van der Waals surface area contributed by atoms with E-state index in [9.17, 15) is 4.79 Å². The first-order chi connectivity index (χ1) is 2.89. The zero-order chi connectivity index (χ0) is 4.41. The second-order valence-corrected chi connectivity index (χ2v) is 1.45. The summed E-state index contributed by atoms with van der Waals surface area (Å²) in [4.78, 5) is 10.1. The van der Waals surface area contributed by atoms with Gasteiger partial charge in [0, 0.05) is 13.0 Å². The van der Waals surface area contributed by atoms with E-state index in [-0.39, 0.29) is 41.7 Å². The van der Waals surface area contributed by atoms with Crippen LogP contribution in [0.5, 0.6) is 0 Å². The molecule has 1 aliphatic heterocycles. The van der Waals surface area contributed by atoms with Gasteiger partial charge in [0.2, 0.25) is 5.91 Å². The van der Waals surface area contributed by atoms with E-state index >= 15 is 0 Å². The van der Waals surface area contributed by atoms with Crippen LogP contribution in [-0.4, -0.2) is 12.5 Å². The number of hydrogen-bond donors (Lipinski definition) is 1. The molecule has 4 heteroatoms. The molecule has 0 aromatic heterocycles. The van der Waals surface area contributed by atoms with E-state index in [1.54, 1.807) is 0 Å². The minimum Gasteiger partial charge on any atom is -1.00 e. The standard InChI is InChI=1S/C4H7NO.BrH.Li/c6-4-2-1-3-5-4;;/h1-3H2,(H,5,6);1H;/q;;+1/p-1. The molecule has 1 rings (SSSR count). The molecule has 0 saturated carbocycles. The van der Waals surface area contributed by atoms with Crippen LogP contribution in [0.25, 0.3) is 0 Å². The Morgan fingerprint density at radius 2 is 2.12 bits per heavy atom. The SMILES string of the molecule is O=C1CCCN1.[Br-].[Li+]. The van der Waals surface area contributed by atoms with Gasteiger partial charge in [-0.1, -0.05) is 0 Å². The maximum atomic E-state index is 10.1. The fourth-order valence-corrected chi connectivity index (χ4v) is 0.565. The molecule has 42 valence electrons. The van der Waals surface area contributed by atoms with Crippen LogP contribution in [0.2, 0.25) is 0 Å². The van der Waals surface area contributed by atoms with Crippen molar-refractivity contribution in [1.82, 2.24) is 5.32 Å². The summed E-state index contributed by atoms with van der Waals surface area (Å²) in [6, 6.07) is 0. The van der Waals surface area contributed by atoms with Gasteiger partial charge in [-0.25, -0.2) is 0 Å². The predicted molar refractivity (Wildman–Crippen MR) is 22.2 cm³/mol. The summed E-state index contributed by atoms with van der Waals surface area (Å²) in [5, 5.41) is 2.68. The molecule has 0 aromatic rings.